The number of aromatic nitrogens is 2. The molecule has 1 aliphatic rings. The summed E-state index contributed by atoms with van der Waals surface area (Å²) in [6.07, 6.45) is 6.51. The number of methoxy groups -OCH3 is 1. The predicted octanol–water partition coefficient (Wildman–Crippen LogP) is 2.56. The maximum atomic E-state index is 12.4. The summed E-state index contributed by atoms with van der Waals surface area (Å²) in [5, 5.41) is 3.02. The molecular formula is C22H32N6O2S. The molecule has 1 saturated heterocycles. The van der Waals surface area contributed by atoms with E-state index in [2.05, 4.69) is 25.1 Å². The Morgan fingerprint density at radius 3 is 2.65 bits per heavy atom. The van der Waals surface area contributed by atoms with Crippen molar-refractivity contribution in [2.24, 2.45) is 0 Å². The Morgan fingerprint density at radius 1 is 1.23 bits per heavy atom. The number of urea groups is 1. The van der Waals surface area contributed by atoms with Gasteiger partial charge in [0.25, 0.3) is 0 Å². The lowest BCUT2D eigenvalue weighted by molar-refractivity contribution is 0.204. The summed E-state index contributed by atoms with van der Waals surface area (Å²) >= 11 is 1.65. The minimum atomic E-state index is -0.0565. The van der Waals surface area contributed by atoms with Gasteiger partial charge < -0.3 is 19.9 Å². The Hall–Kier alpha value is -2.52. The van der Waals surface area contributed by atoms with Crippen LogP contribution in [0.1, 0.15) is 12.0 Å². The third kappa shape index (κ3) is 6.73. The number of anilines is 1. The second-order valence-electron chi connectivity index (χ2n) is 7.51. The Labute approximate surface area is 189 Å². The molecular weight excluding hydrogens is 412 g/mol. The zero-order valence-electron chi connectivity index (χ0n) is 18.6. The minimum absolute atomic E-state index is 0.0565. The first-order chi connectivity index (χ1) is 15.1. The van der Waals surface area contributed by atoms with Crippen molar-refractivity contribution in [3.8, 4) is 5.75 Å². The van der Waals surface area contributed by atoms with Crippen LogP contribution in [0, 0.1) is 0 Å². The number of carbonyl (C=O) groups excluding carboxylic acids is 1. The van der Waals surface area contributed by atoms with E-state index in [9.17, 15) is 4.79 Å². The van der Waals surface area contributed by atoms with Crippen molar-refractivity contribution in [1.29, 1.82) is 0 Å². The quantitative estimate of drug-likeness (QED) is 0.471. The van der Waals surface area contributed by atoms with Crippen LogP contribution in [-0.4, -0.2) is 85.5 Å². The van der Waals surface area contributed by atoms with Gasteiger partial charge in [-0.2, -0.15) is 0 Å². The Kier molecular flexibility index (Phi) is 8.78. The molecule has 3 rings (SSSR count). The molecule has 1 aromatic carbocycles. The molecule has 8 nitrogen and oxygen atoms in total. The summed E-state index contributed by atoms with van der Waals surface area (Å²) in [6, 6.07) is 7.85. The van der Waals surface area contributed by atoms with Crippen LogP contribution in [-0.2, 0) is 6.54 Å². The number of nitrogens with one attached hydrogen (secondary N) is 1. The third-order valence-electron chi connectivity index (χ3n) is 5.35. The molecule has 0 saturated carbocycles. The van der Waals surface area contributed by atoms with E-state index in [-0.39, 0.29) is 6.03 Å². The highest BCUT2D eigenvalue weighted by atomic mass is 32.2. The molecule has 0 bridgehead atoms. The predicted molar refractivity (Wildman–Crippen MR) is 125 cm³/mol. The van der Waals surface area contributed by atoms with E-state index >= 15 is 0 Å². The van der Waals surface area contributed by atoms with E-state index in [0.29, 0.717) is 13.1 Å². The van der Waals surface area contributed by atoms with Crippen molar-refractivity contribution in [3.05, 3.63) is 42.2 Å². The van der Waals surface area contributed by atoms with Crippen LogP contribution < -0.4 is 15.0 Å². The van der Waals surface area contributed by atoms with E-state index in [1.807, 2.05) is 37.6 Å². The highest BCUT2D eigenvalue weighted by molar-refractivity contribution is 7.98. The van der Waals surface area contributed by atoms with Crippen LogP contribution in [0.15, 0.2) is 41.6 Å². The lowest BCUT2D eigenvalue weighted by Crippen LogP contribution is -2.47. The summed E-state index contributed by atoms with van der Waals surface area (Å²) < 4.78 is 5.43. The molecule has 0 unspecified atom stereocenters. The fourth-order valence-electron chi connectivity index (χ4n) is 3.58. The van der Waals surface area contributed by atoms with E-state index in [4.69, 9.17) is 4.74 Å². The first kappa shape index (κ1) is 23.1. The van der Waals surface area contributed by atoms with Gasteiger partial charge in [0.05, 0.1) is 7.11 Å². The molecule has 9 heteroatoms. The number of piperazine rings is 1. The molecule has 1 aliphatic heterocycles. The second-order valence-corrected chi connectivity index (χ2v) is 8.36. The first-order valence-electron chi connectivity index (χ1n) is 10.5. The first-order valence-corrected chi connectivity index (χ1v) is 11.8. The monoisotopic (exact) mass is 444 g/mol. The molecule has 2 aromatic rings. The van der Waals surface area contributed by atoms with Crippen molar-refractivity contribution < 1.29 is 9.53 Å². The van der Waals surface area contributed by atoms with Crippen molar-refractivity contribution >= 4 is 23.7 Å². The number of rotatable bonds is 9. The SMILES string of the molecule is COc1cc(CN(C)C(=O)NCCCN2CCN(c3ncccn3)CC2)ccc1SC. The molecule has 1 fully saturated rings. The molecule has 2 amide bonds. The number of carbonyl (C=O) groups is 1. The smallest absolute Gasteiger partial charge is 0.317 e. The normalized spacial score (nSPS) is 14.4. The number of nitrogens with zero attached hydrogens (tertiary/aromatic N) is 5. The molecule has 0 radical (unpaired) electrons. The van der Waals surface area contributed by atoms with Crippen molar-refractivity contribution in [3.63, 3.8) is 0 Å². The van der Waals surface area contributed by atoms with Crippen molar-refractivity contribution in [2.75, 3.05) is 64.6 Å². The number of hydrogen-bond acceptors (Lipinski definition) is 7. The Bertz CT molecular complexity index is 830. The van der Waals surface area contributed by atoms with Gasteiger partial charge in [0, 0.05) is 63.6 Å². The van der Waals surface area contributed by atoms with Crippen LogP contribution in [0.3, 0.4) is 0 Å². The summed E-state index contributed by atoms with van der Waals surface area (Å²) in [5.41, 5.74) is 1.05. The van der Waals surface area contributed by atoms with E-state index in [0.717, 1.165) is 61.3 Å². The highest BCUT2D eigenvalue weighted by Gasteiger charge is 2.18. The molecule has 0 atom stereocenters. The zero-order valence-corrected chi connectivity index (χ0v) is 19.4. The van der Waals surface area contributed by atoms with Gasteiger partial charge in [0.15, 0.2) is 0 Å². The molecule has 31 heavy (non-hydrogen) atoms. The molecule has 168 valence electrons. The van der Waals surface area contributed by atoms with Crippen molar-refractivity contribution in [2.45, 2.75) is 17.9 Å². The fourth-order valence-corrected chi connectivity index (χ4v) is 4.13. The van der Waals surface area contributed by atoms with Gasteiger partial charge in [-0.05, 0) is 43.0 Å². The largest absolute Gasteiger partial charge is 0.496 e. The Balaban J connectivity index is 1.34. The van der Waals surface area contributed by atoms with E-state index in [1.165, 1.54) is 0 Å². The topological polar surface area (TPSA) is 73.8 Å². The van der Waals surface area contributed by atoms with Gasteiger partial charge in [-0.1, -0.05) is 6.07 Å². The summed E-state index contributed by atoms with van der Waals surface area (Å²) in [7, 11) is 3.49. The summed E-state index contributed by atoms with van der Waals surface area (Å²) in [6.45, 7) is 6.01. The van der Waals surface area contributed by atoms with Gasteiger partial charge in [0.2, 0.25) is 5.95 Å². The average Bonchev–Trinajstić information content (AvgIpc) is 2.82. The van der Waals surface area contributed by atoms with Crippen LogP contribution in [0.5, 0.6) is 5.75 Å². The van der Waals surface area contributed by atoms with Gasteiger partial charge in [-0.3, -0.25) is 4.90 Å². The molecule has 1 aromatic heterocycles. The van der Waals surface area contributed by atoms with E-state index in [1.54, 1.807) is 36.2 Å². The highest BCUT2D eigenvalue weighted by Crippen LogP contribution is 2.28. The maximum absolute atomic E-state index is 12.4. The lowest BCUT2D eigenvalue weighted by Gasteiger charge is -2.34. The fraction of sp³-hybridized carbons (Fsp3) is 0.500. The van der Waals surface area contributed by atoms with Crippen LogP contribution in [0.4, 0.5) is 10.7 Å². The van der Waals surface area contributed by atoms with Gasteiger partial charge >= 0.3 is 6.03 Å². The lowest BCUT2D eigenvalue weighted by atomic mass is 10.2. The van der Waals surface area contributed by atoms with Gasteiger partial charge in [0.1, 0.15) is 5.75 Å². The molecule has 2 heterocycles. The number of thioether (sulfide) groups is 1. The Morgan fingerprint density at radius 2 is 1.97 bits per heavy atom. The standard InChI is InChI=1S/C22H32N6O2S/c1-26(17-18-6-7-20(31-3)19(16-18)30-2)22(29)25-10-5-11-27-12-14-28(15-13-27)21-23-8-4-9-24-21/h4,6-9,16H,5,10-15,17H2,1-3H3,(H,25,29). The number of amides is 2. The van der Waals surface area contributed by atoms with Crippen LogP contribution >= 0.6 is 11.8 Å². The number of hydrogen-bond donors (Lipinski definition) is 1. The maximum Gasteiger partial charge on any atom is 0.317 e. The molecule has 1 N–H and O–H groups in total. The van der Waals surface area contributed by atoms with Crippen LogP contribution in [0.2, 0.25) is 0 Å². The third-order valence-corrected chi connectivity index (χ3v) is 6.13. The number of benzene rings is 1. The van der Waals surface area contributed by atoms with Gasteiger partial charge in [-0.15, -0.1) is 11.8 Å². The second kappa shape index (κ2) is 11.8. The van der Waals surface area contributed by atoms with Crippen molar-refractivity contribution in [1.82, 2.24) is 25.1 Å². The zero-order chi connectivity index (χ0) is 22.1. The minimum Gasteiger partial charge on any atom is -0.496 e. The number of ether oxygens (including phenoxy) is 1. The van der Waals surface area contributed by atoms with E-state index < -0.39 is 0 Å². The van der Waals surface area contributed by atoms with Crippen LogP contribution in [0.25, 0.3) is 0 Å². The van der Waals surface area contributed by atoms with Gasteiger partial charge in [-0.25, -0.2) is 14.8 Å². The average molecular weight is 445 g/mol. The summed E-state index contributed by atoms with van der Waals surface area (Å²) in [5.74, 6) is 1.65. The molecule has 0 spiro atoms. The summed E-state index contributed by atoms with van der Waals surface area (Å²) in [4.78, 5) is 28.5. The molecule has 0 aliphatic carbocycles.